The van der Waals surface area contributed by atoms with Crippen LogP contribution in [0.1, 0.15) is 37.7 Å². The standard InChI is InChI=1S/C19H22N2O2/c1-23-17(22)18-8-4-11-21-12-10-19(16(18)21)13-5-2-3-6-14(13)20-15(19)7-9-18/h2-3,5-6,16H,4,7-12H2,1H3/t16-,18+,19-/m0/s1. The Bertz CT molecular complexity index is 728. The largest absolute Gasteiger partial charge is 0.469 e. The Morgan fingerprint density at radius 1 is 1.26 bits per heavy atom. The van der Waals surface area contributed by atoms with E-state index in [0.717, 1.165) is 50.9 Å². The summed E-state index contributed by atoms with van der Waals surface area (Å²) in [5, 5.41) is 0. The van der Waals surface area contributed by atoms with Crippen molar-refractivity contribution in [1.82, 2.24) is 4.90 Å². The number of para-hydroxylation sites is 1. The van der Waals surface area contributed by atoms with Crippen molar-refractivity contribution in [3.8, 4) is 0 Å². The van der Waals surface area contributed by atoms with Crippen molar-refractivity contribution in [2.75, 3.05) is 20.2 Å². The molecule has 0 N–H and O–H groups in total. The van der Waals surface area contributed by atoms with Gasteiger partial charge in [-0.1, -0.05) is 18.2 Å². The molecule has 4 nitrogen and oxygen atoms in total. The lowest BCUT2D eigenvalue weighted by molar-refractivity contribution is -0.162. The lowest BCUT2D eigenvalue weighted by Gasteiger charge is -2.54. The van der Waals surface area contributed by atoms with Crippen LogP contribution in [0.15, 0.2) is 29.3 Å². The summed E-state index contributed by atoms with van der Waals surface area (Å²) < 4.78 is 5.30. The molecule has 0 aromatic heterocycles. The highest BCUT2D eigenvalue weighted by Gasteiger charge is 2.68. The first-order chi connectivity index (χ1) is 11.2. The number of fused-ring (bicyclic) bond motifs is 1. The summed E-state index contributed by atoms with van der Waals surface area (Å²) >= 11 is 0. The summed E-state index contributed by atoms with van der Waals surface area (Å²) in [5.41, 5.74) is 3.38. The zero-order valence-corrected chi connectivity index (χ0v) is 13.5. The highest BCUT2D eigenvalue weighted by atomic mass is 16.5. The number of carbonyl (C=O) groups excluding carboxylic acids is 1. The number of aliphatic imine (C=N–C) groups is 1. The topological polar surface area (TPSA) is 41.9 Å². The Balaban J connectivity index is 1.74. The molecule has 4 heteroatoms. The van der Waals surface area contributed by atoms with E-state index in [9.17, 15) is 4.79 Å². The van der Waals surface area contributed by atoms with Crippen LogP contribution in [0.25, 0.3) is 0 Å². The zero-order valence-electron chi connectivity index (χ0n) is 13.5. The molecule has 4 aliphatic rings. The maximum Gasteiger partial charge on any atom is 0.313 e. The first kappa shape index (κ1) is 13.7. The minimum absolute atomic E-state index is 0.00286. The van der Waals surface area contributed by atoms with Gasteiger partial charge in [0.15, 0.2) is 0 Å². The van der Waals surface area contributed by atoms with Gasteiger partial charge in [-0.2, -0.15) is 0 Å². The number of ether oxygens (including phenoxy) is 1. The van der Waals surface area contributed by atoms with E-state index in [-0.39, 0.29) is 22.8 Å². The average Bonchev–Trinajstić information content (AvgIpc) is 3.15. The quantitative estimate of drug-likeness (QED) is 0.749. The minimum Gasteiger partial charge on any atom is -0.469 e. The van der Waals surface area contributed by atoms with Gasteiger partial charge < -0.3 is 4.74 Å². The second kappa shape index (κ2) is 4.44. The third-order valence-corrected chi connectivity index (χ3v) is 6.77. The third kappa shape index (κ3) is 1.46. The van der Waals surface area contributed by atoms with E-state index < -0.39 is 0 Å². The highest BCUT2D eigenvalue weighted by Crippen LogP contribution is 2.61. The van der Waals surface area contributed by atoms with Crippen molar-refractivity contribution in [3.63, 3.8) is 0 Å². The van der Waals surface area contributed by atoms with Crippen molar-refractivity contribution >= 4 is 17.4 Å². The number of methoxy groups -OCH3 is 1. The van der Waals surface area contributed by atoms with Gasteiger partial charge in [-0.15, -0.1) is 0 Å². The van der Waals surface area contributed by atoms with Gasteiger partial charge in [0.2, 0.25) is 0 Å². The maximum absolute atomic E-state index is 12.9. The van der Waals surface area contributed by atoms with Gasteiger partial charge in [-0.3, -0.25) is 14.7 Å². The van der Waals surface area contributed by atoms with Crippen molar-refractivity contribution in [2.24, 2.45) is 10.4 Å². The van der Waals surface area contributed by atoms with E-state index in [1.165, 1.54) is 11.3 Å². The Hall–Kier alpha value is -1.68. The molecule has 3 aliphatic heterocycles. The number of hydrogen-bond acceptors (Lipinski definition) is 4. The molecule has 5 rings (SSSR count). The monoisotopic (exact) mass is 310 g/mol. The van der Waals surface area contributed by atoms with E-state index in [2.05, 4.69) is 29.2 Å². The fourth-order valence-electron chi connectivity index (χ4n) is 6.03. The van der Waals surface area contributed by atoms with Crippen molar-refractivity contribution in [2.45, 2.75) is 43.6 Å². The Labute approximate surface area is 136 Å². The van der Waals surface area contributed by atoms with Crippen molar-refractivity contribution < 1.29 is 9.53 Å². The van der Waals surface area contributed by atoms with Crippen LogP contribution < -0.4 is 0 Å². The molecule has 120 valence electrons. The van der Waals surface area contributed by atoms with Crippen molar-refractivity contribution in [1.29, 1.82) is 0 Å². The Kier molecular flexibility index (Phi) is 2.65. The number of piperidine rings is 1. The number of benzene rings is 1. The lowest BCUT2D eigenvalue weighted by Crippen LogP contribution is -2.64. The summed E-state index contributed by atoms with van der Waals surface area (Å²) in [6, 6.07) is 8.77. The summed E-state index contributed by atoms with van der Waals surface area (Å²) in [6.07, 6.45) is 4.95. The summed E-state index contributed by atoms with van der Waals surface area (Å²) in [7, 11) is 1.55. The van der Waals surface area contributed by atoms with Gasteiger partial charge in [0.25, 0.3) is 0 Å². The van der Waals surface area contributed by atoms with Crippen LogP contribution >= 0.6 is 0 Å². The highest BCUT2D eigenvalue weighted by molar-refractivity contribution is 6.05. The molecule has 0 unspecified atom stereocenters. The van der Waals surface area contributed by atoms with Crippen LogP contribution in [0.3, 0.4) is 0 Å². The normalized spacial score (nSPS) is 37.6. The van der Waals surface area contributed by atoms with Crippen molar-refractivity contribution in [3.05, 3.63) is 29.8 Å². The van der Waals surface area contributed by atoms with Gasteiger partial charge in [0.05, 0.1) is 23.6 Å². The summed E-state index contributed by atoms with van der Waals surface area (Å²) in [4.78, 5) is 20.4. The van der Waals surface area contributed by atoms with Crippen LogP contribution in [0.5, 0.6) is 0 Å². The SMILES string of the molecule is COC(=O)[C@]12CCCN3CC[C@]4(C(=Nc5ccccc54)CC1)[C@@H]32. The summed E-state index contributed by atoms with van der Waals surface area (Å²) in [6.45, 7) is 2.16. The molecule has 1 spiro atoms. The van der Waals surface area contributed by atoms with Gasteiger partial charge in [0.1, 0.15) is 0 Å². The third-order valence-electron chi connectivity index (χ3n) is 6.77. The van der Waals surface area contributed by atoms with Gasteiger partial charge in [-0.25, -0.2) is 0 Å². The predicted molar refractivity (Wildman–Crippen MR) is 88.1 cm³/mol. The molecule has 1 saturated carbocycles. The molecule has 3 atom stereocenters. The first-order valence-electron chi connectivity index (χ1n) is 8.72. The minimum atomic E-state index is -0.347. The van der Waals surface area contributed by atoms with Gasteiger partial charge in [-0.05, 0) is 56.8 Å². The molecule has 1 aromatic carbocycles. The van der Waals surface area contributed by atoms with E-state index in [0.29, 0.717) is 0 Å². The fourth-order valence-corrected chi connectivity index (χ4v) is 6.03. The molecule has 0 radical (unpaired) electrons. The molecule has 23 heavy (non-hydrogen) atoms. The number of carbonyl (C=O) groups is 1. The van der Waals surface area contributed by atoms with Gasteiger partial charge >= 0.3 is 5.97 Å². The average molecular weight is 310 g/mol. The van der Waals surface area contributed by atoms with Crippen LogP contribution in [0.2, 0.25) is 0 Å². The maximum atomic E-state index is 12.9. The predicted octanol–water partition coefficient (Wildman–Crippen LogP) is 2.83. The second-order valence-corrected chi connectivity index (χ2v) is 7.49. The first-order valence-corrected chi connectivity index (χ1v) is 8.72. The molecular weight excluding hydrogens is 288 g/mol. The Morgan fingerprint density at radius 2 is 2.13 bits per heavy atom. The van der Waals surface area contributed by atoms with Crippen LogP contribution in [0, 0.1) is 5.41 Å². The molecule has 0 bridgehead atoms. The van der Waals surface area contributed by atoms with Crippen LogP contribution in [0.4, 0.5) is 5.69 Å². The second-order valence-electron chi connectivity index (χ2n) is 7.49. The lowest BCUT2D eigenvalue weighted by atomic mass is 9.53. The number of rotatable bonds is 1. The van der Waals surface area contributed by atoms with E-state index in [1.54, 1.807) is 7.11 Å². The zero-order chi connectivity index (χ0) is 15.7. The Morgan fingerprint density at radius 3 is 3.00 bits per heavy atom. The summed E-state index contributed by atoms with van der Waals surface area (Å²) in [5.74, 6) is -0.00286. The molecular formula is C19H22N2O2. The fraction of sp³-hybridized carbons (Fsp3) is 0.579. The van der Waals surface area contributed by atoms with Crippen LogP contribution in [-0.4, -0.2) is 42.8 Å². The number of hydrogen-bond donors (Lipinski definition) is 0. The number of nitrogens with zero attached hydrogens (tertiary/aromatic N) is 2. The van der Waals surface area contributed by atoms with E-state index in [1.807, 2.05) is 0 Å². The van der Waals surface area contributed by atoms with E-state index >= 15 is 0 Å². The molecule has 3 heterocycles. The molecule has 2 saturated heterocycles. The van der Waals surface area contributed by atoms with Gasteiger partial charge in [0, 0.05) is 11.8 Å². The molecule has 0 amide bonds. The van der Waals surface area contributed by atoms with Crippen LogP contribution in [-0.2, 0) is 14.9 Å². The number of esters is 1. The molecule has 3 fully saturated rings. The molecule has 1 aliphatic carbocycles. The molecule has 1 aromatic rings. The van der Waals surface area contributed by atoms with E-state index in [4.69, 9.17) is 9.73 Å². The smallest absolute Gasteiger partial charge is 0.313 e.